The van der Waals surface area contributed by atoms with E-state index in [9.17, 15) is 4.79 Å². The van der Waals surface area contributed by atoms with Crippen LogP contribution in [0.4, 0.5) is 22.3 Å². The van der Waals surface area contributed by atoms with Crippen molar-refractivity contribution in [2.75, 3.05) is 41.8 Å². The molecule has 7 nitrogen and oxygen atoms in total. The zero-order chi connectivity index (χ0) is 18.5. The van der Waals surface area contributed by atoms with Crippen LogP contribution in [0.3, 0.4) is 0 Å². The van der Waals surface area contributed by atoms with Crippen molar-refractivity contribution in [1.82, 2.24) is 9.97 Å². The van der Waals surface area contributed by atoms with Gasteiger partial charge in [0.1, 0.15) is 10.7 Å². The second-order valence-electron chi connectivity index (χ2n) is 5.97. The van der Waals surface area contributed by atoms with E-state index in [-0.39, 0.29) is 5.91 Å². The van der Waals surface area contributed by atoms with Crippen LogP contribution in [0, 0.1) is 0 Å². The topological polar surface area (TPSA) is 79.4 Å². The predicted molar refractivity (Wildman–Crippen MR) is 107 cm³/mol. The van der Waals surface area contributed by atoms with Crippen LogP contribution < -0.4 is 15.5 Å². The van der Waals surface area contributed by atoms with Crippen LogP contribution in [0.25, 0.3) is 0 Å². The lowest BCUT2D eigenvalue weighted by atomic mass is 10.2. The Morgan fingerprint density at radius 2 is 1.89 bits per heavy atom. The van der Waals surface area contributed by atoms with Crippen molar-refractivity contribution in [3.8, 4) is 0 Å². The number of morpholine rings is 1. The van der Waals surface area contributed by atoms with E-state index in [4.69, 9.17) is 4.74 Å². The summed E-state index contributed by atoms with van der Waals surface area (Å²) in [6.07, 6.45) is 3.26. The SMILES string of the molecule is O=C(Nc1ccc(N2CCOCC2)cc1)c1cnc(Nc2ccccn2)s1. The molecule has 1 aromatic carbocycles. The molecule has 1 amide bonds. The fourth-order valence-electron chi connectivity index (χ4n) is 2.75. The van der Waals surface area contributed by atoms with Gasteiger partial charge in [-0.25, -0.2) is 9.97 Å². The molecule has 3 aromatic rings. The molecule has 2 aromatic heterocycles. The molecule has 0 bridgehead atoms. The van der Waals surface area contributed by atoms with Crippen LogP contribution in [0.15, 0.2) is 54.9 Å². The minimum Gasteiger partial charge on any atom is -0.378 e. The van der Waals surface area contributed by atoms with Crippen LogP contribution in [0.5, 0.6) is 0 Å². The Morgan fingerprint density at radius 1 is 1.07 bits per heavy atom. The maximum Gasteiger partial charge on any atom is 0.267 e. The smallest absolute Gasteiger partial charge is 0.267 e. The number of rotatable bonds is 5. The normalized spacial score (nSPS) is 14.0. The van der Waals surface area contributed by atoms with Gasteiger partial charge in [0.15, 0.2) is 5.13 Å². The van der Waals surface area contributed by atoms with Gasteiger partial charge in [0.2, 0.25) is 0 Å². The third-order valence-corrected chi connectivity index (χ3v) is 5.04. The Labute approximate surface area is 161 Å². The predicted octanol–water partition coefficient (Wildman–Crippen LogP) is 3.37. The lowest BCUT2D eigenvalue weighted by molar-refractivity contribution is 0.103. The first-order valence-electron chi connectivity index (χ1n) is 8.66. The molecule has 3 heterocycles. The minimum atomic E-state index is -0.180. The van der Waals surface area contributed by atoms with Crippen molar-refractivity contribution in [2.45, 2.75) is 0 Å². The Balaban J connectivity index is 1.37. The first kappa shape index (κ1) is 17.4. The number of thiazole rings is 1. The number of nitrogens with one attached hydrogen (secondary N) is 2. The molecule has 0 aliphatic carbocycles. The molecule has 0 unspecified atom stereocenters. The number of anilines is 4. The van der Waals surface area contributed by atoms with E-state index in [0.717, 1.165) is 37.7 Å². The highest BCUT2D eigenvalue weighted by Gasteiger charge is 2.13. The summed E-state index contributed by atoms with van der Waals surface area (Å²) in [6, 6.07) is 13.4. The molecule has 1 aliphatic heterocycles. The fraction of sp³-hybridized carbons (Fsp3) is 0.211. The maximum atomic E-state index is 12.5. The molecule has 27 heavy (non-hydrogen) atoms. The van der Waals surface area contributed by atoms with Crippen LogP contribution >= 0.6 is 11.3 Å². The number of amides is 1. The first-order chi connectivity index (χ1) is 13.3. The van der Waals surface area contributed by atoms with E-state index in [1.54, 1.807) is 12.4 Å². The van der Waals surface area contributed by atoms with E-state index >= 15 is 0 Å². The molecule has 138 valence electrons. The number of pyridine rings is 1. The number of carbonyl (C=O) groups is 1. The van der Waals surface area contributed by atoms with Crippen molar-refractivity contribution in [3.63, 3.8) is 0 Å². The van der Waals surface area contributed by atoms with Gasteiger partial charge in [-0.15, -0.1) is 0 Å². The Morgan fingerprint density at radius 3 is 2.63 bits per heavy atom. The molecule has 0 saturated carbocycles. The van der Waals surface area contributed by atoms with Gasteiger partial charge in [-0.05, 0) is 36.4 Å². The number of hydrogen-bond acceptors (Lipinski definition) is 7. The highest BCUT2D eigenvalue weighted by Crippen LogP contribution is 2.23. The van der Waals surface area contributed by atoms with Crippen LogP contribution in [0.2, 0.25) is 0 Å². The number of carbonyl (C=O) groups excluding carboxylic acids is 1. The number of benzene rings is 1. The van der Waals surface area contributed by atoms with Crippen LogP contribution in [-0.2, 0) is 4.74 Å². The second kappa shape index (κ2) is 8.15. The van der Waals surface area contributed by atoms with Crippen LogP contribution in [-0.4, -0.2) is 42.2 Å². The monoisotopic (exact) mass is 381 g/mol. The van der Waals surface area contributed by atoms with E-state index in [0.29, 0.717) is 15.8 Å². The van der Waals surface area contributed by atoms with Gasteiger partial charge in [0.25, 0.3) is 5.91 Å². The zero-order valence-electron chi connectivity index (χ0n) is 14.6. The molecular weight excluding hydrogens is 362 g/mol. The molecule has 1 fully saturated rings. The van der Waals surface area contributed by atoms with E-state index < -0.39 is 0 Å². The van der Waals surface area contributed by atoms with Gasteiger partial charge in [-0.3, -0.25) is 4.79 Å². The van der Waals surface area contributed by atoms with Crippen molar-refractivity contribution < 1.29 is 9.53 Å². The number of hydrogen-bond donors (Lipinski definition) is 2. The van der Waals surface area contributed by atoms with E-state index in [2.05, 4.69) is 25.5 Å². The summed E-state index contributed by atoms with van der Waals surface area (Å²) in [6.45, 7) is 3.27. The Hall–Kier alpha value is -2.97. The summed E-state index contributed by atoms with van der Waals surface area (Å²) in [5, 5.41) is 6.62. The molecule has 0 atom stereocenters. The lowest BCUT2D eigenvalue weighted by Crippen LogP contribution is -2.36. The molecule has 4 rings (SSSR count). The molecule has 0 spiro atoms. The average molecular weight is 381 g/mol. The third-order valence-electron chi connectivity index (χ3n) is 4.13. The van der Waals surface area contributed by atoms with Gasteiger partial charge < -0.3 is 20.3 Å². The molecular formula is C19H19N5O2S. The molecule has 8 heteroatoms. The fourth-order valence-corrected chi connectivity index (χ4v) is 3.47. The van der Waals surface area contributed by atoms with E-state index in [1.807, 2.05) is 42.5 Å². The number of aromatic nitrogens is 2. The lowest BCUT2D eigenvalue weighted by Gasteiger charge is -2.28. The van der Waals surface area contributed by atoms with Gasteiger partial charge >= 0.3 is 0 Å². The average Bonchev–Trinajstić information content (AvgIpc) is 3.19. The highest BCUT2D eigenvalue weighted by molar-refractivity contribution is 7.17. The van der Waals surface area contributed by atoms with Gasteiger partial charge in [0, 0.05) is 30.7 Å². The summed E-state index contributed by atoms with van der Waals surface area (Å²) >= 11 is 1.28. The van der Waals surface area contributed by atoms with Gasteiger partial charge in [-0.1, -0.05) is 17.4 Å². The summed E-state index contributed by atoms with van der Waals surface area (Å²) in [7, 11) is 0. The summed E-state index contributed by atoms with van der Waals surface area (Å²) in [5.41, 5.74) is 1.89. The quantitative estimate of drug-likeness (QED) is 0.705. The van der Waals surface area contributed by atoms with Crippen LogP contribution in [0.1, 0.15) is 9.67 Å². The number of nitrogens with zero attached hydrogens (tertiary/aromatic N) is 3. The molecule has 2 N–H and O–H groups in total. The van der Waals surface area contributed by atoms with E-state index in [1.165, 1.54) is 11.3 Å². The highest BCUT2D eigenvalue weighted by atomic mass is 32.1. The first-order valence-corrected chi connectivity index (χ1v) is 9.47. The number of ether oxygens (including phenoxy) is 1. The second-order valence-corrected chi connectivity index (χ2v) is 7.00. The standard InChI is InChI=1S/C19H19N5O2S/c25-18(16-13-21-19(27-16)23-17-3-1-2-8-20-17)22-14-4-6-15(7-5-14)24-9-11-26-12-10-24/h1-8,13H,9-12H2,(H,22,25)(H,20,21,23). The van der Waals surface area contributed by atoms with Crippen molar-refractivity contribution >= 4 is 39.6 Å². The summed E-state index contributed by atoms with van der Waals surface area (Å²) in [4.78, 5) is 23.7. The summed E-state index contributed by atoms with van der Waals surface area (Å²) < 4.78 is 5.37. The zero-order valence-corrected chi connectivity index (χ0v) is 15.4. The third kappa shape index (κ3) is 4.42. The Kier molecular flexibility index (Phi) is 5.27. The largest absolute Gasteiger partial charge is 0.378 e. The summed E-state index contributed by atoms with van der Waals surface area (Å²) in [5.74, 6) is 0.512. The Bertz CT molecular complexity index is 892. The van der Waals surface area contributed by atoms with Crippen molar-refractivity contribution in [1.29, 1.82) is 0 Å². The molecule has 0 radical (unpaired) electrons. The van der Waals surface area contributed by atoms with Gasteiger partial charge in [-0.2, -0.15) is 0 Å². The van der Waals surface area contributed by atoms with Crippen molar-refractivity contribution in [3.05, 3.63) is 59.7 Å². The minimum absolute atomic E-state index is 0.180. The maximum absolute atomic E-state index is 12.5. The van der Waals surface area contributed by atoms with Crippen molar-refractivity contribution in [2.24, 2.45) is 0 Å². The molecule has 1 saturated heterocycles. The van der Waals surface area contributed by atoms with Gasteiger partial charge in [0.05, 0.1) is 19.4 Å². The molecule has 1 aliphatic rings.